The fourth-order valence-electron chi connectivity index (χ4n) is 3.55. The Morgan fingerprint density at radius 3 is 2.83 bits per heavy atom. The number of sulfonamides is 1. The van der Waals surface area contributed by atoms with Crippen molar-refractivity contribution in [2.24, 2.45) is 0 Å². The summed E-state index contributed by atoms with van der Waals surface area (Å²) in [4.78, 5) is 15.6. The molecular formula is C18H18F2N6O3S. The van der Waals surface area contributed by atoms with Crippen LogP contribution in [0, 0.1) is 0 Å². The molecule has 1 saturated heterocycles. The lowest BCUT2D eigenvalue weighted by Crippen LogP contribution is -2.39. The van der Waals surface area contributed by atoms with Crippen LogP contribution in [0.4, 0.5) is 8.78 Å². The number of hydrogen-bond acceptors (Lipinski definition) is 6. The normalized spacial score (nSPS) is 19.2. The van der Waals surface area contributed by atoms with Gasteiger partial charge < -0.3 is 5.32 Å². The third kappa shape index (κ3) is 3.63. The first-order valence-electron chi connectivity index (χ1n) is 9.07. The van der Waals surface area contributed by atoms with Crippen molar-refractivity contribution in [2.45, 2.75) is 29.8 Å². The summed E-state index contributed by atoms with van der Waals surface area (Å²) in [6, 6.07) is 6.91. The van der Waals surface area contributed by atoms with Crippen LogP contribution in [0.15, 0.2) is 47.6 Å². The Labute approximate surface area is 170 Å². The Hall–Kier alpha value is -2.99. The van der Waals surface area contributed by atoms with Crippen LogP contribution in [-0.2, 0) is 16.6 Å². The van der Waals surface area contributed by atoms with Crippen LogP contribution in [-0.4, -0.2) is 64.2 Å². The molecule has 1 aliphatic rings. The average Bonchev–Trinajstić information content (AvgIpc) is 3.31. The van der Waals surface area contributed by atoms with E-state index in [0.717, 1.165) is 4.31 Å². The van der Waals surface area contributed by atoms with E-state index >= 15 is 0 Å². The van der Waals surface area contributed by atoms with Gasteiger partial charge in [0.25, 0.3) is 11.8 Å². The Kier molecular flexibility index (Phi) is 4.98. The van der Waals surface area contributed by atoms with E-state index in [4.69, 9.17) is 0 Å². The lowest BCUT2D eigenvalue weighted by molar-refractivity contribution is 0.0168. The molecule has 1 atom stereocenters. The topological polar surface area (TPSA) is 110 Å². The molecule has 0 spiro atoms. The number of fused-ring (bicyclic) bond motifs is 1. The van der Waals surface area contributed by atoms with Crippen LogP contribution in [0.2, 0.25) is 0 Å². The molecule has 1 N–H and O–H groups in total. The fourth-order valence-corrected chi connectivity index (χ4v) is 5.36. The molecule has 1 fully saturated rings. The van der Waals surface area contributed by atoms with Gasteiger partial charge in [-0.25, -0.2) is 17.2 Å². The zero-order valence-corrected chi connectivity index (χ0v) is 16.7. The molecule has 12 heteroatoms. The molecule has 158 valence electrons. The maximum Gasteiger partial charge on any atom is 0.273 e. The van der Waals surface area contributed by atoms with Crippen LogP contribution >= 0.6 is 0 Å². The van der Waals surface area contributed by atoms with E-state index in [1.54, 1.807) is 24.3 Å². The summed E-state index contributed by atoms with van der Waals surface area (Å²) in [5.74, 6) is -3.68. The van der Waals surface area contributed by atoms with E-state index in [2.05, 4.69) is 20.6 Å². The molecule has 1 aliphatic heterocycles. The molecule has 30 heavy (non-hydrogen) atoms. The van der Waals surface area contributed by atoms with E-state index in [-0.39, 0.29) is 22.7 Å². The molecular weight excluding hydrogens is 418 g/mol. The van der Waals surface area contributed by atoms with Crippen molar-refractivity contribution in [1.82, 2.24) is 29.6 Å². The van der Waals surface area contributed by atoms with Crippen molar-refractivity contribution in [3.63, 3.8) is 0 Å². The number of hydrogen-bond donors (Lipinski definition) is 1. The zero-order valence-electron chi connectivity index (χ0n) is 15.9. The highest BCUT2D eigenvalue weighted by Crippen LogP contribution is 2.37. The third-order valence-electron chi connectivity index (χ3n) is 4.91. The first-order valence-corrected chi connectivity index (χ1v) is 10.5. The predicted octanol–water partition coefficient (Wildman–Crippen LogP) is 1.28. The predicted molar refractivity (Wildman–Crippen MR) is 102 cm³/mol. The molecule has 0 bridgehead atoms. The summed E-state index contributed by atoms with van der Waals surface area (Å²) < 4.78 is 57.2. The summed E-state index contributed by atoms with van der Waals surface area (Å²) in [6.45, 7) is -1.11. The molecule has 1 aromatic carbocycles. The number of nitrogens with zero attached hydrogens (tertiary/aromatic N) is 5. The lowest BCUT2D eigenvalue weighted by Gasteiger charge is -2.23. The molecule has 3 heterocycles. The number of amides is 1. The van der Waals surface area contributed by atoms with Gasteiger partial charge in [-0.3, -0.25) is 14.5 Å². The van der Waals surface area contributed by atoms with Crippen molar-refractivity contribution < 1.29 is 22.0 Å². The number of carbonyl (C=O) groups excluding carboxylic acids is 1. The summed E-state index contributed by atoms with van der Waals surface area (Å²) >= 11 is 0. The lowest BCUT2D eigenvalue weighted by atomic mass is 10.2. The number of rotatable bonds is 5. The Morgan fingerprint density at radius 2 is 2.07 bits per heavy atom. The van der Waals surface area contributed by atoms with Gasteiger partial charge in [-0.05, 0) is 12.1 Å². The van der Waals surface area contributed by atoms with Crippen molar-refractivity contribution in [2.75, 3.05) is 13.6 Å². The van der Waals surface area contributed by atoms with Crippen molar-refractivity contribution in [1.29, 1.82) is 0 Å². The van der Waals surface area contributed by atoms with Crippen LogP contribution in [0.3, 0.4) is 0 Å². The highest BCUT2D eigenvalue weighted by molar-refractivity contribution is 7.89. The number of alkyl halides is 2. The van der Waals surface area contributed by atoms with E-state index in [0.29, 0.717) is 5.39 Å². The SMILES string of the molecule is CNC(=O)c1cn(C[C@@H]2CC(F)(F)CN2S(=O)(=O)c2cccc3cccnc23)nn1. The van der Waals surface area contributed by atoms with Crippen LogP contribution in [0.5, 0.6) is 0 Å². The third-order valence-corrected chi connectivity index (χ3v) is 6.84. The second-order valence-corrected chi connectivity index (χ2v) is 8.86. The number of halogens is 2. The Balaban J connectivity index is 1.70. The second kappa shape index (κ2) is 7.36. The first kappa shape index (κ1) is 20.3. The molecule has 0 saturated carbocycles. The summed E-state index contributed by atoms with van der Waals surface area (Å²) in [6.07, 6.45) is 2.08. The van der Waals surface area contributed by atoms with Gasteiger partial charge in [-0.2, -0.15) is 4.31 Å². The van der Waals surface area contributed by atoms with Crippen LogP contribution in [0.1, 0.15) is 16.9 Å². The molecule has 9 nitrogen and oxygen atoms in total. The highest BCUT2D eigenvalue weighted by Gasteiger charge is 2.50. The van der Waals surface area contributed by atoms with Gasteiger partial charge in [0.2, 0.25) is 10.0 Å². The largest absolute Gasteiger partial charge is 0.354 e. The van der Waals surface area contributed by atoms with Gasteiger partial charge in [-0.1, -0.05) is 23.4 Å². The molecule has 0 unspecified atom stereocenters. The minimum absolute atomic E-state index is 0.00918. The van der Waals surface area contributed by atoms with E-state index in [1.807, 2.05) is 0 Å². The standard InChI is InChI=1S/C18H18F2N6O3S/c1-21-17(27)14-10-25(24-23-14)9-13-8-18(19,20)11-26(13)30(28,29)15-6-2-4-12-5-3-7-22-16(12)15/h2-7,10,13H,8-9,11H2,1H3,(H,21,27)/t13-/m0/s1. The molecule has 1 amide bonds. The van der Waals surface area contributed by atoms with Crippen molar-refractivity contribution in [3.8, 4) is 0 Å². The van der Waals surface area contributed by atoms with E-state index < -0.39 is 40.9 Å². The smallest absolute Gasteiger partial charge is 0.273 e. The highest BCUT2D eigenvalue weighted by atomic mass is 32.2. The molecule has 0 aliphatic carbocycles. The molecule has 2 aromatic heterocycles. The van der Waals surface area contributed by atoms with Crippen molar-refractivity contribution in [3.05, 3.63) is 48.4 Å². The zero-order chi connectivity index (χ0) is 21.5. The summed E-state index contributed by atoms with van der Waals surface area (Å²) in [5.41, 5.74) is 0.228. The summed E-state index contributed by atoms with van der Waals surface area (Å²) in [5, 5.41) is 10.4. The van der Waals surface area contributed by atoms with Gasteiger partial charge in [0.15, 0.2) is 5.69 Å². The Bertz CT molecular complexity index is 1210. The fraction of sp³-hybridized carbons (Fsp3) is 0.333. The molecule has 3 aromatic rings. The number of para-hydroxylation sites is 1. The van der Waals surface area contributed by atoms with Gasteiger partial charge >= 0.3 is 0 Å². The number of nitrogens with one attached hydrogen (secondary N) is 1. The van der Waals surface area contributed by atoms with Crippen molar-refractivity contribution >= 4 is 26.8 Å². The quantitative estimate of drug-likeness (QED) is 0.645. The minimum atomic E-state index is -4.27. The Morgan fingerprint density at radius 1 is 1.30 bits per heavy atom. The number of pyridine rings is 1. The second-order valence-electron chi connectivity index (χ2n) is 7.00. The maximum absolute atomic E-state index is 14.3. The number of aromatic nitrogens is 4. The first-order chi connectivity index (χ1) is 14.2. The summed E-state index contributed by atoms with van der Waals surface area (Å²) in [7, 11) is -2.85. The average molecular weight is 436 g/mol. The van der Waals surface area contributed by atoms with Gasteiger partial charge in [-0.15, -0.1) is 5.10 Å². The monoisotopic (exact) mass is 436 g/mol. The molecule has 0 radical (unpaired) electrons. The maximum atomic E-state index is 14.3. The van der Waals surface area contributed by atoms with E-state index in [9.17, 15) is 22.0 Å². The van der Waals surface area contributed by atoms with Crippen LogP contribution in [0.25, 0.3) is 10.9 Å². The van der Waals surface area contributed by atoms with E-state index in [1.165, 1.54) is 30.2 Å². The van der Waals surface area contributed by atoms with Gasteiger partial charge in [0.05, 0.1) is 30.8 Å². The van der Waals surface area contributed by atoms with Gasteiger partial charge in [0.1, 0.15) is 4.90 Å². The minimum Gasteiger partial charge on any atom is -0.354 e. The van der Waals surface area contributed by atoms with Gasteiger partial charge in [0, 0.05) is 25.1 Å². The number of carbonyl (C=O) groups is 1. The van der Waals surface area contributed by atoms with Crippen LogP contribution < -0.4 is 5.32 Å². The molecule has 4 rings (SSSR count). The number of benzene rings is 1.